The summed E-state index contributed by atoms with van der Waals surface area (Å²) in [6, 6.07) is 9.87. The minimum Gasteiger partial charge on any atom is -0.490 e. The maximum absolute atomic E-state index is 12.3. The van der Waals surface area contributed by atoms with Crippen molar-refractivity contribution < 1.29 is 17.9 Å². The first-order chi connectivity index (χ1) is 14.6. The van der Waals surface area contributed by atoms with Gasteiger partial charge in [-0.1, -0.05) is 18.2 Å². The topological polar surface area (TPSA) is 92.3 Å². The molecule has 0 amide bonds. The number of rotatable bonds is 8. The fourth-order valence-electron chi connectivity index (χ4n) is 3.77. The first kappa shape index (κ1) is 22.8. The minimum atomic E-state index is -3.34. The van der Waals surface area contributed by atoms with Crippen molar-refractivity contribution in [1.82, 2.24) is 14.9 Å². The van der Waals surface area contributed by atoms with E-state index in [1.807, 2.05) is 30.3 Å². The molecule has 30 heavy (non-hydrogen) atoms. The van der Waals surface area contributed by atoms with Crippen molar-refractivity contribution in [2.75, 3.05) is 45.6 Å². The highest BCUT2D eigenvalue weighted by atomic mass is 32.2. The summed E-state index contributed by atoms with van der Waals surface area (Å²) in [7, 11) is -1.62. The Morgan fingerprint density at radius 3 is 2.63 bits per heavy atom. The average molecular weight is 439 g/mol. The van der Waals surface area contributed by atoms with Gasteiger partial charge in [0.15, 0.2) is 5.96 Å². The van der Waals surface area contributed by atoms with Crippen LogP contribution in [-0.2, 0) is 14.8 Å². The average Bonchev–Trinajstić information content (AvgIpc) is 2.78. The lowest BCUT2D eigenvalue weighted by Gasteiger charge is -2.34. The summed E-state index contributed by atoms with van der Waals surface area (Å²) in [5.41, 5.74) is 0. The highest BCUT2D eigenvalue weighted by molar-refractivity contribution is 7.89. The van der Waals surface area contributed by atoms with Crippen LogP contribution in [0.4, 0.5) is 0 Å². The molecule has 0 spiro atoms. The summed E-state index contributed by atoms with van der Waals surface area (Å²) in [5, 5.41) is 3.18. The third kappa shape index (κ3) is 7.45. The lowest BCUT2D eigenvalue weighted by atomic mass is 10.1. The van der Waals surface area contributed by atoms with Gasteiger partial charge >= 0.3 is 0 Å². The number of benzene rings is 1. The fourth-order valence-corrected chi connectivity index (χ4v) is 4.72. The van der Waals surface area contributed by atoms with Crippen LogP contribution in [-0.4, -0.2) is 77.1 Å². The van der Waals surface area contributed by atoms with E-state index in [0.717, 1.165) is 63.5 Å². The van der Waals surface area contributed by atoms with Gasteiger partial charge in [-0.3, -0.25) is 4.99 Å². The van der Waals surface area contributed by atoms with Crippen molar-refractivity contribution in [3.05, 3.63) is 30.3 Å². The quantitative estimate of drug-likeness (QED) is 0.473. The molecule has 1 aromatic carbocycles. The van der Waals surface area contributed by atoms with Crippen molar-refractivity contribution >= 4 is 16.0 Å². The van der Waals surface area contributed by atoms with Gasteiger partial charge in [-0.15, -0.1) is 0 Å². The Labute approximate surface area is 180 Å². The minimum absolute atomic E-state index is 0.00588. The fraction of sp³-hybridized carbons (Fsp3) is 0.667. The van der Waals surface area contributed by atoms with Crippen molar-refractivity contribution in [2.45, 2.75) is 44.3 Å². The first-order valence-electron chi connectivity index (χ1n) is 10.8. The Bertz CT molecular complexity index is 758. The Balaban J connectivity index is 1.36. The highest BCUT2D eigenvalue weighted by Crippen LogP contribution is 2.18. The van der Waals surface area contributed by atoms with Crippen molar-refractivity contribution in [1.29, 1.82) is 0 Å². The molecule has 1 aromatic rings. The molecule has 1 atom stereocenters. The second kappa shape index (κ2) is 11.5. The summed E-state index contributed by atoms with van der Waals surface area (Å²) >= 11 is 0. The number of hydrogen-bond acceptors (Lipinski definition) is 5. The number of likely N-dealkylation sites (tertiary alicyclic amines) is 1. The molecule has 0 saturated carbocycles. The summed E-state index contributed by atoms with van der Waals surface area (Å²) in [4.78, 5) is 6.47. The number of guanidine groups is 1. The van der Waals surface area contributed by atoms with Gasteiger partial charge in [-0.05, 0) is 31.4 Å². The normalized spacial score (nSPS) is 21.4. The van der Waals surface area contributed by atoms with E-state index in [0.29, 0.717) is 13.1 Å². The van der Waals surface area contributed by atoms with E-state index in [1.165, 1.54) is 0 Å². The van der Waals surface area contributed by atoms with Gasteiger partial charge in [0, 0.05) is 52.7 Å². The standard InChI is InChI=1S/C21H34N4O4S/c1-22-21(23-12-16-30(26,27)24-17-20-9-5-6-15-28-20)25-13-10-19(11-14-25)29-18-7-3-2-4-8-18/h2-4,7-8,19-20,24H,5-6,9-17H2,1H3,(H,22,23). The maximum Gasteiger partial charge on any atom is 0.213 e. The van der Waals surface area contributed by atoms with E-state index in [-0.39, 0.29) is 18.0 Å². The van der Waals surface area contributed by atoms with E-state index in [2.05, 4.69) is 19.9 Å². The molecule has 2 N–H and O–H groups in total. The zero-order valence-electron chi connectivity index (χ0n) is 17.8. The second-order valence-electron chi connectivity index (χ2n) is 7.75. The van der Waals surface area contributed by atoms with Crippen molar-refractivity contribution in [3.8, 4) is 5.75 Å². The molecule has 2 saturated heterocycles. The number of aliphatic imine (C=N–C) groups is 1. The Morgan fingerprint density at radius 2 is 1.97 bits per heavy atom. The number of ether oxygens (including phenoxy) is 2. The third-order valence-corrected chi connectivity index (χ3v) is 6.81. The van der Waals surface area contributed by atoms with Gasteiger partial charge in [-0.25, -0.2) is 13.1 Å². The van der Waals surface area contributed by atoms with E-state index in [9.17, 15) is 8.42 Å². The molecule has 8 nitrogen and oxygen atoms in total. The molecule has 3 rings (SSSR count). The number of nitrogens with one attached hydrogen (secondary N) is 2. The van der Waals surface area contributed by atoms with E-state index in [1.54, 1.807) is 7.05 Å². The lowest BCUT2D eigenvalue weighted by molar-refractivity contribution is 0.0200. The number of sulfonamides is 1. The first-order valence-corrected chi connectivity index (χ1v) is 12.5. The molecule has 2 aliphatic heterocycles. The second-order valence-corrected chi connectivity index (χ2v) is 9.67. The van der Waals surface area contributed by atoms with Crippen LogP contribution in [0.2, 0.25) is 0 Å². The molecule has 1 unspecified atom stereocenters. The van der Waals surface area contributed by atoms with Gasteiger partial charge in [0.25, 0.3) is 0 Å². The Kier molecular flexibility index (Phi) is 8.77. The number of para-hydroxylation sites is 1. The van der Waals surface area contributed by atoms with Crippen LogP contribution >= 0.6 is 0 Å². The SMILES string of the molecule is CN=C(NCCS(=O)(=O)NCC1CCCCO1)N1CCC(Oc2ccccc2)CC1. The van der Waals surface area contributed by atoms with Crippen LogP contribution in [0, 0.1) is 0 Å². The molecule has 168 valence electrons. The van der Waals surface area contributed by atoms with Crippen LogP contribution in [0.5, 0.6) is 5.75 Å². The van der Waals surface area contributed by atoms with Gasteiger partial charge < -0.3 is 19.7 Å². The van der Waals surface area contributed by atoms with Gasteiger partial charge in [0.05, 0.1) is 11.9 Å². The Morgan fingerprint density at radius 1 is 1.20 bits per heavy atom. The molecular weight excluding hydrogens is 404 g/mol. The molecule has 2 fully saturated rings. The molecule has 0 radical (unpaired) electrons. The molecule has 9 heteroatoms. The maximum atomic E-state index is 12.3. The predicted molar refractivity (Wildman–Crippen MR) is 118 cm³/mol. The van der Waals surface area contributed by atoms with Gasteiger partial charge in [-0.2, -0.15) is 0 Å². The van der Waals surface area contributed by atoms with Crippen LogP contribution in [0.1, 0.15) is 32.1 Å². The van der Waals surface area contributed by atoms with E-state index in [4.69, 9.17) is 9.47 Å². The van der Waals surface area contributed by atoms with Crippen LogP contribution in [0.25, 0.3) is 0 Å². The Hall–Kier alpha value is -1.84. The monoisotopic (exact) mass is 438 g/mol. The highest BCUT2D eigenvalue weighted by Gasteiger charge is 2.23. The van der Waals surface area contributed by atoms with Crippen LogP contribution < -0.4 is 14.8 Å². The number of nitrogens with zero attached hydrogens (tertiary/aromatic N) is 2. The van der Waals surface area contributed by atoms with Crippen molar-refractivity contribution in [3.63, 3.8) is 0 Å². The molecule has 2 aliphatic rings. The lowest BCUT2D eigenvalue weighted by Crippen LogP contribution is -2.48. The summed E-state index contributed by atoms with van der Waals surface area (Å²) in [5.74, 6) is 1.64. The molecule has 0 aliphatic carbocycles. The zero-order valence-corrected chi connectivity index (χ0v) is 18.6. The summed E-state index contributed by atoms with van der Waals surface area (Å²) in [6.07, 6.45) is 5.05. The zero-order chi connectivity index (χ0) is 21.2. The van der Waals surface area contributed by atoms with Gasteiger partial charge in [0.1, 0.15) is 11.9 Å². The number of hydrogen-bond donors (Lipinski definition) is 2. The smallest absolute Gasteiger partial charge is 0.213 e. The molecule has 2 heterocycles. The van der Waals surface area contributed by atoms with E-state index < -0.39 is 10.0 Å². The molecule has 0 bridgehead atoms. The number of piperidine rings is 1. The van der Waals surface area contributed by atoms with E-state index >= 15 is 0 Å². The predicted octanol–water partition coefficient (Wildman–Crippen LogP) is 1.59. The molecular formula is C21H34N4O4S. The summed E-state index contributed by atoms with van der Waals surface area (Å²) in [6.45, 7) is 3.03. The largest absolute Gasteiger partial charge is 0.490 e. The van der Waals surface area contributed by atoms with Gasteiger partial charge in [0.2, 0.25) is 10.0 Å². The summed E-state index contributed by atoms with van der Waals surface area (Å²) < 4.78 is 38.8. The molecule has 0 aromatic heterocycles. The van der Waals surface area contributed by atoms with Crippen molar-refractivity contribution in [2.24, 2.45) is 4.99 Å². The van der Waals surface area contributed by atoms with Crippen LogP contribution in [0.15, 0.2) is 35.3 Å². The third-order valence-electron chi connectivity index (χ3n) is 5.46. The van der Waals surface area contributed by atoms with Crippen LogP contribution in [0.3, 0.4) is 0 Å².